The Morgan fingerprint density at radius 3 is 2.53 bits per heavy atom. The zero-order valence-electron chi connectivity index (χ0n) is 11.7. The highest BCUT2D eigenvalue weighted by Gasteiger charge is 2.19. The molecule has 0 unspecified atom stereocenters. The number of fused-ring (bicyclic) bond motifs is 1. The van der Waals surface area contributed by atoms with Gasteiger partial charge in [-0.15, -0.1) is 0 Å². The van der Waals surface area contributed by atoms with E-state index in [9.17, 15) is 4.39 Å². The van der Waals surface area contributed by atoms with Crippen LogP contribution in [0.4, 0.5) is 4.39 Å². The molecule has 1 aromatic carbocycles. The maximum Gasteiger partial charge on any atom is 0.170 e. The van der Waals surface area contributed by atoms with Crippen molar-refractivity contribution in [1.82, 2.24) is 5.32 Å². The molecule has 2 nitrogen and oxygen atoms in total. The van der Waals surface area contributed by atoms with E-state index in [1.807, 2.05) is 6.07 Å². The van der Waals surface area contributed by atoms with Gasteiger partial charge in [-0.05, 0) is 18.1 Å². The third-order valence-corrected chi connectivity index (χ3v) is 3.53. The fraction of sp³-hybridized carbons (Fsp3) is 0.467. The molecule has 1 N–H and O–H groups in total. The monoisotopic (exact) mass is 327 g/mol. The molecule has 2 aromatic rings. The second-order valence-electron chi connectivity index (χ2n) is 5.39. The Bertz CT molecular complexity index is 589. The van der Waals surface area contributed by atoms with Gasteiger partial charge in [0, 0.05) is 21.5 Å². The fourth-order valence-corrected chi connectivity index (χ4v) is 2.68. The zero-order valence-corrected chi connectivity index (χ0v) is 13.3. The van der Waals surface area contributed by atoms with E-state index in [-0.39, 0.29) is 5.82 Å². The predicted octanol–water partition coefficient (Wildman–Crippen LogP) is 4.96. The molecule has 4 heteroatoms. The lowest BCUT2D eigenvalue weighted by molar-refractivity contribution is 0.469. The Labute approximate surface area is 121 Å². The zero-order chi connectivity index (χ0) is 14.2. The van der Waals surface area contributed by atoms with Crippen molar-refractivity contribution in [3.63, 3.8) is 0 Å². The Morgan fingerprint density at radius 2 is 1.95 bits per heavy atom. The number of furan rings is 1. The van der Waals surface area contributed by atoms with E-state index in [4.69, 9.17) is 4.42 Å². The summed E-state index contributed by atoms with van der Waals surface area (Å²) in [6.45, 7) is 8.98. The second-order valence-corrected chi connectivity index (χ2v) is 6.31. The highest BCUT2D eigenvalue weighted by atomic mass is 79.9. The van der Waals surface area contributed by atoms with Crippen molar-refractivity contribution >= 4 is 26.9 Å². The van der Waals surface area contributed by atoms with Crippen LogP contribution in [0.15, 0.2) is 21.0 Å². The molecule has 0 amide bonds. The Hall–Kier alpha value is -0.870. The van der Waals surface area contributed by atoms with Crippen LogP contribution in [0.5, 0.6) is 0 Å². The first kappa shape index (κ1) is 14.5. The van der Waals surface area contributed by atoms with Crippen LogP contribution in [0.25, 0.3) is 11.0 Å². The summed E-state index contributed by atoms with van der Waals surface area (Å²) in [7, 11) is 0. The number of hydrogen-bond donors (Lipinski definition) is 1. The molecule has 1 aromatic heterocycles. The average molecular weight is 328 g/mol. The molecule has 19 heavy (non-hydrogen) atoms. The number of benzene rings is 1. The van der Waals surface area contributed by atoms with E-state index in [0.717, 1.165) is 21.2 Å². The molecule has 1 heterocycles. The highest BCUT2D eigenvalue weighted by molar-refractivity contribution is 9.10. The Kier molecular flexibility index (Phi) is 4.31. The van der Waals surface area contributed by atoms with Gasteiger partial charge >= 0.3 is 0 Å². The summed E-state index contributed by atoms with van der Waals surface area (Å²) in [5, 5.41) is 4.19. The Balaban J connectivity index is 2.57. The van der Waals surface area contributed by atoms with Crippen LogP contribution in [-0.2, 0) is 6.54 Å². The summed E-state index contributed by atoms with van der Waals surface area (Å²) in [4.78, 5) is 0. The van der Waals surface area contributed by atoms with E-state index in [2.05, 4.69) is 48.9 Å². The van der Waals surface area contributed by atoms with Crippen molar-refractivity contribution in [1.29, 1.82) is 0 Å². The molecule has 0 bridgehead atoms. The first-order valence-electron chi connectivity index (χ1n) is 6.53. The number of rotatable bonds is 4. The predicted molar refractivity (Wildman–Crippen MR) is 79.9 cm³/mol. The number of halogens is 2. The highest BCUT2D eigenvalue weighted by Crippen LogP contribution is 2.35. The van der Waals surface area contributed by atoms with Crippen molar-refractivity contribution in [2.45, 2.75) is 46.2 Å². The lowest BCUT2D eigenvalue weighted by Gasteiger charge is -2.09. The van der Waals surface area contributed by atoms with E-state index in [0.29, 0.717) is 24.1 Å². The molecule has 0 saturated carbocycles. The van der Waals surface area contributed by atoms with E-state index in [1.54, 1.807) is 0 Å². The van der Waals surface area contributed by atoms with Crippen molar-refractivity contribution in [2.75, 3.05) is 0 Å². The molecule has 0 spiro atoms. The largest absolute Gasteiger partial charge is 0.456 e. The molecule has 0 aliphatic heterocycles. The summed E-state index contributed by atoms with van der Waals surface area (Å²) in [5.41, 5.74) is 1.44. The fourth-order valence-electron chi connectivity index (χ4n) is 2.25. The van der Waals surface area contributed by atoms with Crippen molar-refractivity contribution in [2.24, 2.45) is 0 Å². The van der Waals surface area contributed by atoms with Crippen LogP contribution in [0.2, 0.25) is 0 Å². The van der Waals surface area contributed by atoms with Crippen LogP contribution < -0.4 is 5.32 Å². The first-order valence-corrected chi connectivity index (χ1v) is 7.33. The molecule has 0 radical (unpaired) electrons. The van der Waals surface area contributed by atoms with Gasteiger partial charge in [-0.2, -0.15) is 0 Å². The van der Waals surface area contributed by atoms with Crippen molar-refractivity contribution < 1.29 is 8.81 Å². The standard InChI is InChI=1S/C15H19BrFNO/c1-8(2)14-11-5-10(16)6-12(17)15(11)19-13(14)7-18-9(3)4/h5-6,8-9,18H,7H2,1-4H3. The molecular formula is C15H19BrFNO. The van der Waals surface area contributed by atoms with Crippen LogP contribution in [0.1, 0.15) is 44.9 Å². The van der Waals surface area contributed by atoms with Crippen molar-refractivity contribution in [3.05, 3.63) is 33.7 Å². The smallest absolute Gasteiger partial charge is 0.170 e. The van der Waals surface area contributed by atoms with Crippen LogP contribution >= 0.6 is 15.9 Å². The van der Waals surface area contributed by atoms with E-state index >= 15 is 0 Å². The van der Waals surface area contributed by atoms with E-state index in [1.165, 1.54) is 6.07 Å². The number of nitrogens with one attached hydrogen (secondary N) is 1. The number of hydrogen-bond acceptors (Lipinski definition) is 2. The van der Waals surface area contributed by atoms with Gasteiger partial charge in [0.25, 0.3) is 0 Å². The average Bonchev–Trinajstić information content (AvgIpc) is 2.64. The Morgan fingerprint density at radius 1 is 1.26 bits per heavy atom. The van der Waals surface area contributed by atoms with Gasteiger partial charge in [-0.1, -0.05) is 43.6 Å². The molecule has 0 saturated heterocycles. The van der Waals surface area contributed by atoms with Gasteiger partial charge in [0.2, 0.25) is 0 Å². The summed E-state index contributed by atoms with van der Waals surface area (Å²) in [6, 6.07) is 3.73. The van der Waals surface area contributed by atoms with Gasteiger partial charge in [0.15, 0.2) is 11.4 Å². The van der Waals surface area contributed by atoms with E-state index < -0.39 is 0 Å². The SMILES string of the molecule is CC(C)NCc1oc2c(F)cc(Br)cc2c1C(C)C. The third kappa shape index (κ3) is 3.00. The topological polar surface area (TPSA) is 25.2 Å². The first-order chi connectivity index (χ1) is 8.90. The summed E-state index contributed by atoms with van der Waals surface area (Å²) >= 11 is 3.34. The van der Waals surface area contributed by atoms with Crippen molar-refractivity contribution in [3.8, 4) is 0 Å². The van der Waals surface area contributed by atoms with Gasteiger partial charge in [-0.25, -0.2) is 4.39 Å². The minimum Gasteiger partial charge on any atom is -0.456 e. The van der Waals surface area contributed by atoms with Crippen LogP contribution in [-0.4, -0.2) is 6.04 Å². The van der Waals surface area contributed by atoms with Gasteiger partial charge in [0.1, 0.15) is 5.76 Å². The van der Waals surface area contributed by atoms with Crippen LogP contribution in [0, 0.1) is 5.82 Å². The molecule has 0 atom stereocenters. The normalized spacial score (nSPS) is 12.0. The maximum absolute atomic E-state index is 14.0. The third-order valence-electron chi connectivity index (χ3n) is 3.07. The quantitative estimate of drug-likeness (QED) is 0.858. The lowest BCUT2D eigenvalue weighted by atomic mass is 9.99. The molecule has 0 fully saturated rings. The molecular weight excluding hydrogens is 309 g/mol. The maximum atomic E-state index is 14.0. The molecule has 104 valence electrons. The van der Waals surface area contributed by atoms with Gasteiger partial charge in [0.05, 0.1) is 6.54 Å². The van der Waals surface area contributed by atoms with Gasteiger partial charge < -0.3 is 9.73 Å². The minimum atomic E-state index is -0.318. The molecule has 0 aliphatic rings. The van der Waals surface area contributed by atoms with Gasteiger partial charge in [-0.3, -0.25) is 0 Å². The summed E-state index contributed by atoms with van der Waals surface area (Å²) in [5.74, 6) is 0.802. The van der Waals surface area contributed by atoms with Crippen LogP contribution in [0.3, 0.4) is 0 Å². The molecule has 0 aliphatic carbocycles. The molecule has 2 rings (SSSR count). The summed E-state index contributed by atoms with van der Waals surface area (Å²) < 4.78 is 20.4. The second kappa shape index (κ2) is 5.63. The summed E-state index contributed by atoms with van der Waals surface area (Å²) in [6.07, 6.45) is 0. The minimum absolute atomic E-state index is 0.291. The lowest BCUT2D eigenvalue weighted by Crippen LogP contribution is -2.22.